The van der Waals surface area contributed by atoms with Gasteiger partial charge in [0.25, 0.3) is 0 Å². The normalized spacial score (nSPS) is 16.8. The maximum absolute atomic E-state index is 13.2. The molecule has 1 aliphatic carbocycles. The Balaban J connectivity index is 2.74. The van der Waals surface area contributed by atoms with Crippen molar-refractivity contribution in [2.24, 2.45) is 0 Å². The third kappa shape index (κ3) is 1.51. The minimum Gasteiger partial charge on any atom is -0.243 e. The van der Waals surface area contributed by atoms with E-state index in [-0.39, 0.29) is 0 Å². The average molecular weight is 176 g/mol. The first-order valence-corrected chi connectivity index (χ1v) is 4.72. The fourth-order valence-corrected chi connectivity index (χ4v) is 1.83. The first-order chi connectivity index (χ1) is 6.29. The van der Waals surface area contributed by atoms with Gasteiger partial charge in [0.1, 0.15) is 6.17 Å². The van der Waals surface area contributed by atoms with Crippen LogP contribution in [0, 0.1) is 0 Å². The number of alkyl halides is 1. The highest BCUT2D eigenvalue weighted by Gasteiger charge is 2.05. The van der Waals surface area contributed by atoms with Crippen molar-refractivity contribution < 1.29 is 4.39 Å². The van der Waals surface area contributed by atoms with Crippen LogP contribution in [-0.2, 0) is 0 Å². The summed E-state index contributed by atoms with van der Waals surface area (Å²) in [6.07, 6.45) is 5.58. The van der Waals surface area contributed by atoms with E-state index in [1.807, 2.05) is 12.1 Å². The van der Waals surface area contributed by atoms with Crippen LogP contribution in [0.5, 0.6) is 0 Å². The maximum atomic E-state index is 13.2. The van der Waals surface area contributed by atoms with E-state index in [0.717, 1.165) is 23.6 Å². The third-order valence-corrected chi connectivity index (χ3v) is 2.48. The highest BCUT2D eigenvalue weighted by molar-refractivity contribution is 5.41. The number of hydrogen-bond donors (Lipinski definition) is 0. The zero-order chi connectivity index (χ0) is 9.26. The van der Waals surface area contributed by atoms with Gasteiger partial charge in [-0.05, 0) is 35.8 Å². The van der Waals surface area contributed by atoms with Crippen molar-refractivity contribution in [2.45, 2.75) is 25.9 Å². The van der Waals surface area contributed by atoms with Crippen molar-refractivity contribution in [1.82, 2.24) is 0 Å². The molecule has 0 saturated carbocycles. The average Bonchev–Trinajstić information content (AvgIpc) is 2.17. The second kappa shape index (κ2) is 3.33. The van der Waals surface area contributed by atoms with Crippen molar-refractivity contribution in [3.63, 3.8) is 0 Å². The van der Waals surface area contributed by atoms with Gasteiger partial charge in [0, 0.05) is 0 Å². The Kier molecular flexibility index (Phi) is 2.17. The molecular formula is C12H13F. The fraction of sp³-hybridized carbons (Fsp3) is 0.333. The Bertz CT molecular complexity index is 415. The van der Waals surface area contributed by atoms with Crippen molar-refractivity contribution >= 4 is 12.2 Å². The molecule has 1 aromatic rings. The predicted molar refractivity (Wildman–Crippen MR) is 53.4 cm³/mol. The summed E-state index contributed by atoms with van der Waals surface area (Å²) in [7, 11) is 0. The summed E-state index contributed by atoms with van der Waals surface area (Å²) in [5.41, 5.74) is 0.827. The van der Waals surface area contributed by atoms with Crippen molar-refractivity contribution in [3.8, 4) is 0 Å². The minimum absolute atomic E-state index is 0.827. The second-order valence-corrected chi connectivity index (χ2v) is 3.45. The van der Waals surface area contributed by atoms with Crippen molar-refractivity contribution in [3.05, 3.63) is 34.2 Å². The van der Waals surface area contributed by atoms with Crippen LogP contribution in [0.1, 0.15) is 31.5 Å². The monoisotopic (exact) mass is 176 g/mol. The quantitative estimate of drug-likeness (QED) is 0.614. The summed E-state index contributed by atoms with van der Waals surface area (Å²) in [5, 5.41) is 2.29. The molecule has 2 rings (SSSR count). The zero-order valence-corrected chi connectivity index (χ0v) is 7.76. The van der Waals surface area contributed by atoms with E-state index >= 15 is 0 Å². The highest BCUT2D eigenvalue weighted by Crippen LogP contribution is 2.11. The van der Waals surface area contributed by atoms with Gasteiger partial charge in [-0.2, -0.15) is 0 Å². The first-order valence-electron chi connectivity index (χ1n) is 4.72. The largest absolute Gasteiger partial charge is 0.243 e. The van der Waals surface area contributed by atoms with Gasteiger partial charge in [-0.3, -0.25) is 0 Å². The number of fused-ring (bicyclic) bond motifs is 1. The van der Waals surface area contributed by atoms with Crippen LogP contribution in [0.2, 0.25) is 0 Å². The molecule has 0 saturated heterocycles. The number of halogens is 1. The molecule has 1 heteroatoms. The molecule has 0 bridgehead atoms. The Hall–Kier alpha value is -1.11. The van der Waals surface area contributed by atoms with E-state index in [1.165, 1.54) is 5.22 Å². The molecule has 0 spiro atoms. The van der Waals surface area contributed by atoms with Crippen LogP contribution in [0.4, 0.5) is 4.39 Å². The van der Waals surface area contributed by atoms with E-state index in [2.05, 4.69) is 18.2 Å². The SMILES string of the molecule is CC(F)c1cccc2c1=CCCC=2. The lowest BCUT2D eigenvalue weighted by Gasteiger charge is -2.07. The maximum Gasteiger partial charge on any atom is 0.123 e. The summed E-state index contributed by atoms with van der Waals surface area (Å²) in [5.74, 6) is 0. The molecule has 0 heterocycles. The minimum atomic E-state index is -0.863. The molecule has 1 atom stereocenters. The van der Waals surface area contributed by atoms with Gasteiger partial charge in [0.2, 0.25) is 0 Å². The van der Waals surface area contributed by atoms with Gasteiger partial charge >= 0.3 is 0 Å². The van der Waals surface area contributed by atoms with Gasteiger partial charge in [0.05, 0.1) is 0 Å². The van der Waals surface area contributed by atoms with Gasteiger partial charge < -0.3 is 0 Å². The molecular weight excluding hydrogens is 163 g/mol. The molecule has 68 valence electrons. The lowest BCUT2D eigenvalue weighted by Crippen LogP contribution is -2.30. The van der Waals surface area contributed by atoms with E-state index in [4.69, 9.17) is 0 Å². The summed E-state index contributed by atoms with van der Waals surface area (Å²) in [6, 6.07) is 5.86. The molecule has 0 fully saturated rings. The molecule has 1 aromatic carbocycles. The summed E-state index contributed by atoms with van der Waals surface area (Å²) in [4.78, 5) is 0. The van der Waals surface area contributed by atoms with Crippen molar-refractivity contribution in [2.75, 3.05) is 0 Å². The molecule has 1 unspecified atom stereocenters. The number of benzene rings is 1. The fourth-order valence-electron chi connectivity index (χ4n) is 1.83. The summed E-state index contributed by atoms with van der Waals surface area (Å²) >= 11 is 0. The lowest BCUT2D eigenvalue weighted by molar-refractivity contribution is 0.372. The third-order valence-electron chi connectivity index (χ3n) is 2.48. The van der Waals surface area contributed by atoms with Crippen LogP contribution < -0.4 is 10.4 Å². The van der Waals surface area contributed by atoms with Gasteiger partial charge in [0.15, 0.2) is 0 Å². The van der Waals surface area contributed by atoms with Gasteiger partial charge in [-0.15, -0.1) is 0 Å². The molecule has 0 nitrogen and oxygen atoms in total. The Labute approximate surface area is 77.4 Å². The van der Waals surface area contributed by atoms with Crippen LogP contribution >= 0.6 is 0 Å². The molecule has 0 amide bonds. The molecule has 13 heavy (non-hydrogen) atoms. The predicted octanol–water partition coefficient (Wildman–Crippen LogP) is 2.07. The van der Waals surface area contributed by atoms with Crippen molar-refractivity contribution in [1.29, 1.82) is 0 Å². The summed E-state index contributed by atoms with van der Waals surface area (Å²) < 4.78 is 13.2. The first kappa shape index (κ1) is 8.49. The van der Waals surface area contributed by atoms with E-state index < -0.39 is 6.17 Å². The molecule has 0 N–H and O–H groups in total. The van der Waals surface area contributed by atoms with E-state index in [9.17, 15) is 4.39 Å². The topological polar surface area (TPSA) is 0 Å². The molecule has 1 aliphatic rings. The molecule has 0 aromatic heterocycles. The van der Waals surface area contributed by atoms with Gasteiger partial charge in [-0.25, -0.2) is 4.39 Å². The molecule has 0 radical (unpaired) electrons. The van der Waals surface area contributed by atoms with E-state index in [1.54, 1.807) is 6.92 Å². The van der Waals surface area contributed by atoms with Crippen LogP contribution in [0.25, 0.3) is 12.2 Å². The Morgan fingerprint density at radius 1 is 1.23 bits per heavy atom. The Morgan fingerprint density at radius 3 is 2.77 bits per heavy atom. The lowest BCUT2D eigenvalue weighted by atomic mass is 10.0. The van der Waals surface area contributed by atoms with Crippen LogP contribution in [-0.4, -0.2) is 0 Å². The van der Waals surface area contributed by atoms with Gasteiger partial charge in [-0.1, -0.05) is 30.4 Å². The standard InChI is InChI=1S/C12H13F/c1-9(13)11-8-4-6-10-5-2-3-7-12(10)11/h4-9H,2-3H2,1H3. The Morgan fingerprint density at radius 2 is 2.00 bits per heavy atom. The zero-order valence-electron chi connectivity index (χ0n) is 7.76. The smallest absolute Gasteiger partial charge is 0.123 e. The highest BCUT2D eigenvalue weighted by atomic mass is 19.1. The number of rotatable bonds is 1. The number of hydrogen-bond acceptors (Lipinski definition) is 0. The van der Waals surface area contributed by atoms with E-state index in [0.29, 0.717) is 0 Å². The second-order valence-electron chi connectivity index (χ2n) is 3.45. The van der Waals surface area contributed by atoms with Crippen LogP contribution in [0.15, 0.2) is 18.2 Å². The molecule has 0 aliphatic heterocycles. The summed E-state index contributed by atoms with van der Waals surface area (Å²) in [6.45, 7) is 1.60. The van der Waals surface area contributed by atoms with Crippen LogP contribution in [0.3, 0.4) is 0 Å².